The Balaban J connectivity index is 0.00000144. The van der Waals surface area contributed by atoms with Gasteiger partial charge in [0.25, 0.3) is 0 Å². The fourth-order valence-electron chi connectivity index (χ4n) is 1.37. The van der Waals surface area contributed by atoms with Gasteiger partial charge >= 0.3 is 0 Å². The van der Waals surface area contributed by atoms with E-state index in [-0.39, 0.29) is 1.43 Å². The summed E-state index contributed by atoms with van der Waals surface area (Å²) in [7, 11) is 0. The van der Waals surface area contributed by atoms with Crippen LogP contribution in [0.15, 0.2) is 24.3 Å². The zero-order valence-electron chi connectivity index (χ0n) is 8.31. The summed E-state index contributed by atoms with van der Waals surface area (Å²) in [6, 6.07) is 6.65. The van der Waals surface area contributed by atoms with Crippen LogP contribution in [0.3, 0.4) is 0 Å². The molecule has 0 radical (unpaired) electrons. The molecule has 0 heterocycles. The Morgan fingerprint density at radius 3 is 2.08 bits per heavy atom. The number of benzene rings is 1. The van der Waals surface area contributed by atoms with E-state index in [1.807, 2.05) is 0 Å². The highest BCUT2D eigenvalue weighted by Gasteiger charge is 1.96. The number of aryl methyl sites for hydroxylation is 2. The van der Waals surface area contributed by atoms with Crippen LogP contribution < -0.4 is 0 Å². The molecule has 0 amide bonds. The first kappa shape index (κ1) is 9.05. The third kappa shape index (κ3) is 1.97. The minimum absolute atomic E-state index is 0. The van der Waals surface area contributed by atoms with Crippen LogP contribution in [0.1, 0.15) is 32.0 Å². The van der Waals surface area contributed by atoms with Crippen molar-refractivity contribution in [2.45, 2.75) is 27.7 Å². The molecule has 1 aromatic rings. The van der Waals surface area contributed by atoms with Gasteiger partial charge in [-0.05, 0) is 38.8 Å². The molecule has 0 bridgehead atoms. The van der Waals surface area contributed by atoms with E-state index in [0.29, 0.717) is 0 Å². The van der Waals surface area contributed by atoms with Gasteiger partial charge in [0, 0.05) is 1.43 Å². The summed E-state index contributed by atoms with van der Waals surface area (Å²) in [4.78, 5) is 0. The van der Waals surface area contributed by atoms with Crippen LogP contribution in [-0.4, -0.2) is 0 Å². The van der Waals surface area contributed by atoms with E-state index in [2.05, 4.69) is 52.0 Å². The molecule has 1 aromatic carbocycles. The summed E-state index contributed by atoms with van der Waals surface area (Å²) in [5, 5.41) is 0. The first-order valence-corrected chi connectivity index (χ1v) is 4.35. The van der Waals surface area contributed by atoms with Gasteiger partial charge < -0.3 is 0 Å². The second-order valence-electron chi connectivity index (χ2n) is 3.35. The molecule has 1 rings (SSSR count). The molecule has 0 aliphatic carbocycles. The topological polar surface area (TPSA) is 0 Å². The van der Waals surface area contributed by atoms with Gasteiger partial charge in [0.15, 0.2) is 0 Å². The Kier molecular flexibility index (Phi) is 2.69. The van der Waals surface area contributed by atoms with Crippen molar-refractivity contribution in [3.8, 4) is 0 Å². The SMILES string of the molecule is C/C=C(\C)c1cc(C)cc(C)c1.[HH]. The highest BCUT2D eigenvalue weighted by molar-refractivity contribution is 5.64. The van der Waals surface area contributed by atoms with Crippen molar-refractivity contribution < 1.29 is 1.43 Å². The molecular weight excluding hydrogens is 144 g/mol. The van der Waals surface area contributed by atoms with Crippen molar-refractivity contribution >= 4 is 5.57 Å². The van der Waals surface area contributed by atoms with Gasteiger partial charge in [-0.3, -0.25) is 0 Å². The Bertz CT molecular complexity index is 291. The molecule has 0 saturated heterocycles. The van der Waals surface area contributed by atoms with Gasteiger partial charge in [0.2, 0.25) is 0 Å². The quantitative estimate of drug-likeness (QED) is 0.586. The summed E-state index contributed by atoms with van der Waals surface area (Å²) < 4.78 is 0. The summed E-state index contributed by atoms with van der Waals surface area (Å²) in [6.07, 6.45) is 2.15. The first-order chi connectivity index (χ1) is 5.63. The minimum Gasteiger partial charge on any atom is -0.0841 e. The second-order valence-corrected chi connectivity index (χ2v) is 3.35. The minimum atomic E-state index is 0. The molecule has 66 valence electrons. The Morgan fingerprint density at radius 2 is 1.67 bits per heavy atom. The average molecular weight is 162 g/mol. The van der Waals surface area contributed by atoms with E-state index in [0.717, 1.165) is 0 Å². The molecule has 12 heavy (non-hydrogen) atoms. The molecule has 0 heteroatoms. The lowest BCUT2D eigenvalue weighted by Gasteiger charge is -2.04. The average Bonchev–Trinajstić information content (AvgIpc) is 2.01. The van der Waals surface area contributed by atoms with Crippen molar-refractivity contribution in [2.75, 3.05) is 0 Å². The van der Waals surface area contributed by atoms with E-state index in [1.165, 1.54) is 22.3 Å². The van der Waals surface area contributed by atoms with Crippen molar-refractivity contribution in [1.29, 1.82) is 0 Å². The molecule has 0 saturated carbocycles. The van der Waals surface area contributed by atoms with Gasteiger partial charge in [-0.25, -0.2) is 0 Å². The third-order valence-electron chi connectivity index (χ3n) is 2.11. The number of hydrogen-bond donors (Lipinski definition) is 0. The summed E-state index contributed by atoms with van der Waals surface area (Å²) >= 11 is 0. The van der Waals surface area contributed by atoms with Crippen LogP contribution in [0.2, 0.25) is 0 Å². The van der Waals surface area contributed by atoms with Crippen LogP contribution >= 0.6 is 0 Å². The maximum Gasteiger partial charge on any atom is 0 e. The monoisotopic (exact) mass is 162 g/mol. The van der Waals surface area contributed by atoms with E-state index in [1.54, 1.807) is 0 Å². The number of hydrogen-bond acceptors (Lipinski definition) is 0. The van der Waals surface area contributed by atoms with E-state index < -0.39 is 0 Å². The molecule has 0 aliphatic rings. The zero-order chi connectivity index (χ0) is 9.14. The molecule has 0 atom stereocenters. The molecular formula is C12H18. The fourth-order valence-corrected chi connectivity index (χ4v) is 1.37. The lowest BCUT2D eigenvalue weighted by atomic mass is 10.0. The highest BCUT2D eigenvalue weighted by atomic mass is 14.0. The summed E-state index contributed by atoms with van der Waals surface area (Å²) in [6.45, 7) is 8.50. The van der Waals surface area contributed by atoms with Crippen molar-refractivity contribution in [3.05, 3.63) is 41.0 Å². The highest BCUT2D eigenvalue weighted by Crippen LogP contribution is 2.16. The van der Waals surface area contributed by atoms with Crippen LogP contribution in [0.25, 0.3) is 5.57 Å². The predicted octanol–water partition coefficient (Wildman–Crippen LogP) is 3.97. The maximum absolute atomic E-state index is 2.22. The number of allylic oxidation sites excluding steroid dienone is 2. The van der Waals surface area contributed by atoms with Crippen LogP contribution in [-0.2, 0) is 0 Å². The van der Waals surface area contributed by atoms with Gasteiger partial charge in [0.1, 0.15) is 0 Å². The van der Waals surface area contributed by atoms with Crippen LogP contribution in [0.4, 0.5) is 0 Å². The van der Waals surface area contributed by atoms with E-state index in [9.17, 15) is 0 Å². The van der Waals surface area contributed by atoms with Crippen molar-refractivity contribution in [2.24, 2.45) is 0 Å². The lowest BCUT2D eigenvalue weighted by molar-refractivity contribution is 1.36. The lowest BCUT2D eigenvalue weighted by Crippen LogP contribution is -1.83. The molecule has 0 unspecified atom stereocenters. The second kappa shape index (κ2) is 3.57. The molecule has 0 aromatic heterocycles. The van der Waals surface area contributed by atoms with Gasteiger partial charge in [-0.2, -0.15) is 0 Å². The van der Waals surface area contributed by atoms with Gasteiger partial charge in [0.05, 0.1) is 0 Å². The first-order valence-electron chi connectivity index (χ1n) is 4.35. The summed E-state index contributed by atoms with van der Waals surface area (Å²) in [5.74, 6) is 0. The van der Waals surface area contributed by atoms with Crippen LogP contribution in [0, 0.1) is 13.8 Å². The normalized spacial score (nSPS) is 11.8. The van der Waals surface area contributed by atoms with Crippen LogP contribution in [0.5, 0.6) is 0 Å². The molecule has 0 nitrogen and oxygen atoms in total. The Morgan fingerprint density at radius 1 is 1.17 bits per heavy atom. The number of rotatable bonds is 1. The van der Waals surface area contributed by atoms with Crippen molar-refractivity contribution in [1.82, 2.24) is 0 Å². The largest absolute Gasteiger partial charge is 0.0841 e. The van der Waals surface area contributed by atoms with Crippen molar-refractivity contribution in [3.63, 3.8) is 0 Å². The predicted molar refractivity (Wildman–Crippen MR) is 57.4 cm³/mol. The van der Waals surface area contributed by atoms with E-state index >= 15 is 0 Å². The smallest absolute Gasteiger partial charge is 0 e. The Labute approximate surface area is 76.4 Å². The van der Waals surface area contributed by atoms with E-state index in [4.69, 9.17) is 0 Å². The maximum atomic E-state index is 2.22. The fraction of sp³-hybridized carbons (Fsp3) is 0.333. The molecule has 0 aliphatic heterocycles. The van der Waals surface area contributed by atoms with Gasteiger partial charge in [-0.1, -0.05) is 35.4 Å². The van der Waals surface area contributed by atoms with Gasteiger partial charge in [-0.15, -0.1) is 0 Å². The molecule has 0 fully saturated rings. The zero-order valence-corrected chi connectivity index (χ0v) is 8.31. The Hall–Kier alpha value is -1.04. The molecule has 0 spiro atoms. The molecule has 0 N–H and O–H groups in total. The standard InChI is InChI=1S/C12H16.H2/c1-5-11(4)12-7-9(2)6-10(3)8-12;/h5-8H,1-4H3;1H/b11-5+;. The third-order valence-corrected chi connectivity index (χ3v) is 2.11. The summed E-state index contributed by atoms with van der Waals surface area (Å²) in [5.41, 5.74) is 5.37.